The van der Waals surface area contributed by atoms with Gasteiger partial charge in [-0.1, -0.05) is 48.0 Å². The Morgan fingerprint density at radius 2 is 1.62 bits per heavy atom. The topological polar surface area (TPSA) is 96.0 Å². The van der Waals surface area contributed by atoms with E-state index >= 15 is 0 Å². The van der Waals surface area contributed by atoms with Crippen LogP contribution in [0.4, 0.5) is 5.69 Å². The Morgan fingerprint density at radius 1 is 0.950 bits per heavy atom. The van der Waals surface area contributed by atoms with Crippen molar-refractivity contribution < 1.29 is 22.7 Å². The maximum Gasteiger partial charge on any atom is 0.264 e. The SMILES string of the molecule is COc1cccc(CN(C(=O)CN(c2ccc(C)cc2C)S(=O)(=O)c2ccccc2)[C@@H](C)C(=O)NC(C)(C)C)c1. The Balaban J connectivity index is 2.07. The number of nitrogens with one attached hydrogen (secondary N) is 1. The quantitative estimate of drug-likeness (QED) is 0.380. The van der Waals surface area contributed by atoms with Gasteiger partial charge in [-0.05, 0) is 83.0 Å². The van der Waals surface area contributed by atoms with Crippen LogP contribution in [-0.4, -0.2) is 50.4 Å². The largest absolute Gasteiger partial charge is 0.497 e. The standard InChI is InChI=1S/C31H39N3O5S/c1-22-16-17-28(23(2)18-22)34(40(37,38)27-14-9-8-10-15-27)21-29(35)33(24(3)30(36)32-31(4,5)6)20-25-12-11-13-26(19-25)39-7/h8-19,24H,20-21H2,1-7H3,(H,32,36)/t24-/m0/s1. The van der Waals surface area contributed by atoms with Crippen molar-refractivity contribution in [3.8, 4) is 5.75 Å². The Morgan fingerprint density at radius 3 is 2.23 bits per heavy atom. The summed E-state index contributed by atoms with van der Waals surface area (Å²) in [7, 11) is -2.56. The van der Waals surface area contributed by atoms with Crippen LogP contribution in [-0.2, 0) is 26.2 Å². The van der Waals surface area contributed by atoms with E-state index in [-0.39, 0.29) is 17.3 Å². The van der Waals surface area contributed by atoms with Crippen molar-refractivity contribution >= 4 is 27.5 Å². The molecule has 0 aliphatic heterocycles. The van der Waals surface area contributed by atoms with E-state index in [2.05, 4.69) is 5.32 Å². The zero-order valence-corrected chi connectivity index (χ0v) is 25.1. The highest BCUT2D eigenvalue weighted by molar-refractivity contribution is 7.92. The normalized spacial score (nSPS) is 12.4. The van der Waals surface area contributed by atoms with Crippen LogP contribution >= 0.6 is 0 Å². The number of methoxy groups -OCH3 is 1. The third-order valence-electron chi connectivity index (χ3n) is 6.38. The number of carbonyl (C=O) groups is 2. The lowest BCUT2D eigenvalue weighted by atomic mass is 10.1. The Labute approximate surface area is 238 Å². The first-order valence-electron chi connectivity index (χ1n) is 13.1. The number of rotatable bonds is 10. The second-order valence-corrected chi connectivity index (χ2v) is 12.8. The molecule has 0 fully saturated rings. The fourth-order valence-corrected chi connectivity index (χ4v) is 5.84. The summed E-state index contributed by atoms with van der Waals surface area (Å²) in [6, 6.07) is 19.8. The number of amides is 2. The molecule has 0 saturated carbocycles. The molecule has 0 aliphatic carbocycles. The predicted octanol–water partition coefficient (Wildman–Crippen LogP) is 4.84. The van der Waals surface area contributed by atoms with Gasteiger partial charge in [0.25, 0.3) is 10.0 Å². The molecular formula is C31H39N3O5S. The van der Waals surface area contributed by atoms with Gasteiger partial charge in [-0.2, -0.15) is 0 Å². The molecule has 0 saturated heterocycles. The van der Waals surface area contributed by atoms with Gasteiger partial charge in [0.1, 0.15) is 18.3 Å². The van der Waals surface area contributed by atoms with Crippen LogP contribution in [0.5, 0.6) is 5.75 Å². The summed E-state index contributed by atoms with van der Waals surface area (Å²) in [6.45, 7) is 10.6. The van der Waals surface area contributed by atoms with Crippen molar-refractivity contribution in [3.05, 3.63) is 89.5 Å². The van der Waals surface area contributed by atoms with Crippen LogP contribution in [0.1, 0.15) is 44.4 Å². The summed E-state index contributed by atoms with van der Waals surface area (Å²) in [5.74, 6) is -0.244. The van der Waals surface area contributed by atoms with E-state index in [1.807, 2.05) is 52.8 Å². The lowest BCUT2D eigenvalue weighted by Crippen LogP contribution is -2.54. The van der Waals surface area contributed by atoms with Crippen LogP contribution in [0.15, 0.2) is 77.7 Å². The van der Waals surface area contributed by atoms with Crippen LogP contribution < -0.4 is 14.4 Å². The van der Waals surface area contributed by atoms with E-state index in [4.69, 9.17) is 4.74 Å². The summed E-state index contributed by atoms with van der Waals surface area (Å²) in [4.78, 5) is 28.8. The lowest BCUT2D eigenvalue weighted by molar-refractivity contribution is -0.140. The highest BCUT2D eigenvalue weighted by Gasteiger charge is 2.33. The average molecular weight is 566 g/mol. The van der Waals surface area contributed by atoms with Gasteiger partial charge in [0.15, 0.2) is 0 Å². The van der Waals surface area contributed by atoms with Gasteiger partial charge in [0.05, 0.1) is 17.7 Å². The Bertz CT molecular complexity index is 1450. The molecule has 8 nitrogen and oxygen atoms in total. The molecule has 3 rings (SSSR count). The van der Waals surface area contributed by atoms with Crippen molar-refractivity contribution in [1.29, 1.82) is 0 Å². The number of anilines is 1. The van der Waals surface area contributed by atoms with Crippen LogP contribution in [0.3, 0.4) is 0 Å². The molecule has 1 N–H and O–H groups in total. The van der Waals surface area contributed by atoms with Gasteiger partial charge >= 0.3 is 0 Å². The van der Waals surface area contributed by atoms with Gasteiger partial charge in [-0.15, -0.1) is 0 Å². The number of sulfonamides is 1. The fourth-order valence-electron chi connectivity index (χ4n) is 4.34. The van der Waals surface area contributed by atoms with Gasteiger partial charge in [0, 0.05) is 12.1 Å². The number of benzene rings is 3. The summed E-state index contributed by atoms with van der Waals surface area (Å²) < 4.78 is 34.3. The molecule has 0 unspecified atom stereocenters. The van der Waals surface area contributed by atoms with Crippen molar-refractivity contribution in [2.75, 3.05) is 18.0 Å². The zero-order chi connectivity index (χ0) is 29.7. The molecule has 0 aliphatic rings. The van der Waals surface area contributed by atoms with E-state index in [0.717, 1.165) is 15.4 Å². The van der Waals surface area contributed by atoms with Crippen molar-refractivity contribution in [3.63, 3.8) is 0 Å². The van der Waals surface area contributed by atoms with Crippen LogP contribution in [0.25, 0.3) is 0 Å². The second kappa shape index (κ2) is 12.6. The zero-order valence-electron chi connectivity index (χ0n) is 24.3. The molecule has 3 aromatic rings. The first kappa shape index (κ1) is 30.7. The molecule has 2 amide bonds. The third-order valence-corrected chi connectivity index (χ3v) is 8.16. The highest BCUT2D eigenvalue weighted by Crippen LogP contribution is 2.28. The summed E-state index contributed by atoms with van der Waals surface area (Å²) in [5.41, 5.74) is 2.31. The Hall–Kier alpha value is -3.85. The summed E-state index contributed by atoms with van der Waals surface area (Å²) in [6.07, 6.45) is 0. The monoisotopic (exact) mass is 565 g/mol. The maximum absolute atomic E-state index is 14.1. The number of aryl methyl sites for hydroxylation is 2. The number of hydrogen-bond donors (Lipinski definition) is 1. The molecule has 9 heteroatoms. The first-order chi connectivity index (χ1) is 18.7. The summed E-state index contributed by atoms with van der Waals surface area (Å²) in [5, 5.41) is 2.93. The smallest absolute Gasteiger partial charge is 0.264 e. The van der Waals surface area contributed by atoms with E-state index < -0.39 is 34.1 Å². The molecule has 0 aromatic heterocycles. The van der Waals surface area contributed by atoms with E-state index in [0.29, 0.717) is 17.0 Å². The molecule has 1 atom stereocenters. The van der Waals surface area contributed by atoms with Crippen LogP contribution in [0, 0.1) is 13.8 Å². The van der Waals surface area contributed by atoms with Gasteiger partial charge < -0.3 is 15.0 Å². The first-order valence-corrected chi connectivity index (χ1v) is 14.6. The van der Waals surface area contributed by atoms with Crippen molar-refractivity contribution in [1.82, 2.24) is 10.2 Å². The minimum atomic E-state index is -4.11. The molecule has 214 valence electrons. The lowest BCUT2D eigenvalue weighted by Gasteiger charge is -2.34. The molecule has 0 heterocycles. The minimum Gasteiger partial charge on any atom is -0.497 e. The molecular weight excluding hydrogens is 526 g/mol. The third kappa shape index (κ3) is 7.63. The predicted molar refractivity (Wildman–Crippen MR) is 158 cm³/mol. The van der Waals surface area contributed by atoms with Crippen molar-refractivity contribution in [2.45, 2.75) is 64.6 Å². The second-order valence-electron chi connectivity index (χ2n) is 10.9. The van der Waals surface area contributed by atoms with Crippen LogP contribution in [0.2, 0.25) is 0 Å². The van der Waals surface area contributed by atoms with Crippen molar-refractivity contribution in [2.24, 2.45) is 0 Å². The average Bonchev–Trinajstić information content (AvgIpc) is 2.90. The summed E-state index contributed by atoms with van der Waals surface area (Å²) >= 11 is 0. The van der Waals surface area contributed by atoms with E-state index in [1.165, 1.54) is 17.0 Å². The number of carbonyl (C=O) groups excluding carboxylic acids is 2. The van der Waals surface area contributed by atoms with Gasteiger partial charge in [-0.25, -0.2) is 8.42 Å². The van der Waals surface area contributed by atoms with Gasteiger partial charge in [-0.3, -0.25) is 13.9 Å². The number of nitrogens with zero attached hydrogens (tertiary/aromatic N) is 2. The molecule has 0 spiro atoms. The molecule has 0 radical (unpaired) electrons. The van der Waals surface area contributed by atoms with E-state index in [9.17, 15) is 18.0 Å². The number of ether oxygens (including phenoxy) is 1. The Kier molecular flexibility index (Phi) is 9.63. The van der Waals surface area contributed by atoms with Gasteiger partial charge in [0.2, 0.25) is 11.8 Å². The molecule has 0 bridgehead atoms. The fraction of sp³-hybridized carbons (Fsp3) is 0.355. The number of hydrogen-bond acceptors (Lipinski definition) is 5. The molecule has 3 aromatic carbocycles. The van der Waals surface area contributed by atoms with E-state index in [1.54, 1.807) is 56.5 Å². The maximum atomic E-state index is 14.1. The highest BCUT2D eigenvalue weighted by atomic mass is 32.2. The molecule has 40 heavy (non-hydrogen) atoms. The minimum absolute atomic E-state index is 0.0700.